The summed E-state index contributed by atoms with van der Waals surface area (Å²) in [6, 6.07) is 13.6. The highest BCUT2D eigenvalue weighted by Crippen LogP contribution is 2.22. The van der Waals surface area contributed by atoms with Crippen LogP contribution in [0.2, 0.25) is 0 Å². The van der Waals surface area contributed by atoms with Gasteiger partial charge in [0.1, 0.15) is 6.04 Å². The fourth-order valence-electron chi connectivity index (χ4n) is 2.50. The number of esters is 1. The van der Waals surface area contributed by atoms with Crippen molar-refractivity contribution in [1.82, 2.24) is 0 Å². The van der Waals surface area contributed by atoms with E-state index in [1.165, 1.54) is 20.1 Å². The molecule has 0 heterocycles. The van der Waals surface area contributed by atoms with E-state index in [1.807, 2.05) is 0 Å². The molecule has 0 fully saturated rings. The molecule has 0 aliphatic heterocycles. The smallest absolute Gasteiger partial charge is 0.339 e. The fraction of sp³-hybridized carbons (Fsp3) is 0.222. The van der Waals surface area contributed by atoms with Gasteiger partial charge >= 0.3 is 5.97 Å². The van der Waals surface area contributed by atoms with Crippen molar-refractivity contribution < 1.29 is 22.7 Å². The maximum Gasteiger partial charge on any atom is 0.339 e. The topological polar surface area (TPSA) is 92.8 Å². The Morgan fingerprint density at radius 3 is 2.19 bits per heavy atom. The summed E-state index contributed by atoms with van der Waals surface area (Å²) in [5.74, 6) is -1.17. The molecule has 0 saturated carbocycles. The van der Waals surface area contributed by atoms with Gasteiger partial charge in [0.25, 0.3) is 0 Å². The lowest BCUT2D eigenvalue weighted by Gasteiger charge is -2.28. The predicted molar refractivity (Wildman–Crippen MR) is 99.6 cm³/mol. The van der Waals surface area contributed by atoms with Crippen molar-refractivity contribution in [2.45, 2.75) is 13.0 Å². The molecule has 0 aliphatic rings. The number of ether oxygens (including phenoxy) is 1. The average molecular weight is 376 g/mol. The van der Waals surface area contributed by atoms with Crippen LogP contribution in [0.15, 0.2) is 54.6 Å². The maximum atomic E-state index is 12.7. The van der Waals surface area contributed by atoms with Crippen molar-refractivity contribution in [2.75, 3.05) is 23.0 Å². The van der Waals surface area contributed by atoms with E-state index in [0.29, 0.717) is 5.69 Å². The van der Waals surface area contributed by atoms with E-state index >= 15 is 0 Å². The minimum Gasteiger partial charge on any atom is -0.465 e. The minimum absolute atomic E-state index is 0.182. The Morgan fingerprint density at radius 2 is 1.62 bits per heavy atom. The molecule has 0 aliphatic carbocycles. The van der Waals surface area contributed by atoms with Gasteiger partial charge in [-0.1, -0.05) is 30.3 Å². The highest BCUT2D eigenvalue weighted by molar-refractivity contribution is 7.92. The van der Waals surface area contributed by atoms with Gasteiger partial charge < -0.3 is 10.1 Å². The summed E-state index contributed by atoms with van der Waals surface area (Å²) < 4.78 is 30.2. The number of nitrogens with one attached hydrogen (secondary N) is 1. The number of nitrogens with zero attached hydrogens (tertiary/aromatic N) is 1. The molecule has 0 aromatic heterocycles. The zero-order valence-corrected chi connectivity index (χ0v) is 15.5. The number of methoxy groups -OCH3 is 1. The summed E-state index contributed by atoms with van der Waals surface area (Å²) in [5, 5.41) is 2.60. The lowest BCUT2D eigenvalue weighted by atomic mass is 10.1. The van der Waals surface area contributed by atoms with Crippen LogP contribution in [0.3, 0.4) is 0 Å². The Hall–Kier alpha value is -2.87. The zero-order valence-electron chi connectivity index (χ0n) is 14.7. The molecule has 0 radical (unpaired) electrons. The van der Waals surface area contributed by atoms with Gasteiger partial charge in [-0.2, -0.15) is 0 Å². The number of hydrogen-bond donors (Lipinski definition) is 1. The summed E-state index contributed by atoms with van der Waals surface area (Å²) in [4.78, 5) is 24.5. The van der Waals surface area contributed by atoms with Crippen molar-refractivity contribution >= 4 is 33.3 Å². The Bertz CT molecular complexity index is 897. The summed E-state index contributed by atoms with van der Waals surface area (Å²) in [6.07, 6.45) is 1.03. The normalized spacial score (nSPS) is 12.1. The molecule has 8 heteroatoms. The summed E-state index contributed by atoms with van der Waals surface area (Å²) in [6.45, 7) is 1.48. The van der Waals surface area contributed by atoms with E-state index in [0.717, 1.165) is 10.6 Å². The zero-order chi connectivity index (χ0) is 19.3. The van der Waals surface area contributed by atoms with Gasteiger partial charge in [-0.25, -0.2) is 13.2 Å². The first-order valence-electron chi connectivity index (χ1n) is 7.78. The molecule has 7 nitrogen and oxygen atoms in total. The van der Waals surface area contributed by atoms with Gasteiger partial charge in [-0.3, -0.25) is 9.10 Å². The third-order valence-electron chi connectivity index (χ3n) is 3.69. The molecule has 2 aromatic carbocycles. The monoisotopic (exact) mass is 376 g/mol. The number of benzene rings is 2. The second-order valence-electron chi connectivity index (χ2n) is 5.60. The van der Waals surface area contributed by atoms with E-state index in [-0.39, 0.29) is 11.3 Å². The molecule has 0 saturated heterocycles. The van der Waals surface area contributed by atoms with Crippen LogP contribution in [0.4, 0.5) is 11.4 Å². The summed E-state index contributed by atoms with van der Waals surface area (Å²) in [5.41, 5.74) is 0.804. The van der Waals surface area contributed by atoms with Gasteiger partial charge in [-0.05, 0) is 31.2 Å². The van der Waals surface area contributed by atoms with Crippen LogP contribution in [-0.2, 0) is 19.6 Å². The molecule has 0 spiro atoms. The van der Waals surface area contributed by atoms with Crippen molar-refractivity contribution in [1.29, 1.82) is 0 Å². The number of rotatable bonds is 6. The molecule has 2 rings (SSSR count). The largest absolute Gasteiger partial charge is 0.465 e. The van der Waals surface area contributed by atoms with E-state index in [1.54, 1.807) is 48.5 Å². The van der Waals surface area contributed by atoms with E-state index < -0.39 is 27.9 Å². The van der Waals surface area contributed by atoms with Crippen LogP contribution >= 0.6 is 0 Å². The van der Waals surface area contributed by atoms with E-state index in [4.69, 9.17) is 4.74 Å². The first-order chi connectivity index (χ1) is 12.3. The first kappa shape index (κ1) is 19.5. The van der Waals surface area contributed by atoms with Crippen molar-refractivity contribution in [3.63, 3.8) is 0 Å². The minimum atomic E-state index is -3.70. The molecule has 1 unspecified atom stereocenters. The quantitative estimate of drug-likeness (QED) is 0.781. The summed E-state index contributed by atoms with van der Waals surface area (Å²) >= 11 is 0. The van der Waals surface area contributed by atoms with Crippen LogP contribution in [0.5, 0.6) is 0 Å². The third kappa shape index (κ3) is 4.40. The Balaban J connectivity index is 2.33. The van der Waals surface area contributed by atoms with Gasteiger partial charge in [0.15, 0.2) is 0 Å². The SMILES string of the molecule is COC(=O)c1ccccc1NC(=O)C(C)N(c1ccccc1)S(C)(=O)=O. The molecule has 1 atom stereocenters. The first-order valence-corrected chi connectivity index (χ1v) is 9.63. The molecule has 1 N–H and O–H groups in total. The van der Waals surface area contributed by atoms with Crippen LogP contribution in [0, 0.1) is 0 Å². The average Bonchev–Trinajstić information content (AvgIpc) is 2.61. The Kier molecular flexibility index (Phi) is 5.99. The standard InChI is InChI=1S/C18H20N2O5S/c1-13(20(26(3,23)24)14-9-5-4-6-10-14)17(21)19-16-12-8-7-11-15(16)18(22)25-2/h4-13H,1-3H3,(H,19,21). The molecule has 26 heavy (non-hydrogen) atoms. The van der Waals surface area contributed by atoms with Crippen molar-refractivity contribution in [2.24, 2.45) is 0 Å². The number of carbonyl (C=O) groups excluding carboxylic acids is 2. The second kappa shape index (κ2) is 8.01. The molecule has 1 amide bonds. The van der Waals surface area contributed by atoms with Crippen molar-refractivity contribution in [3.8, 4) is 0 Å². The molecular weight excluding hydrogens is 356 g/mol. The highest BCUT2D eigenvalue weighted by Gasteiger charge is 2.29. The maximum absolute atomic E-state index is 12.7. The molecule has 0 bridgehead atoms. The van der Waals surface area contributed by atoms with Crippen LogP contribution in [0.1, 0.15) is 17.3 Å². The van der Waals surface area contributed by atoms with Gasteiger partial charge in [0.2, 0.25) is 15.9 Å². The number of carbonyl (C=O) groups is 2. The summed E-state index contributed by atoms with van der Waals surface area (Å²) in [7, 11) is -2.46. The van der Waals surface area contributed by atoms with Gasteiger partial charge in [0, 0.05) is 0 Å². The van der Waals surface area contributed by atoms with Crippen molar-refractivity contribution in [3.05, 3.63) is 60.2 Å². The number of hydrogen-bond acceptors (Lipinski definition) is 5. The number of anilines is 2. The molecule has 138 valence electrons. The predicted octanol–water partition coefficient (Wildman–Crippen LogP) is 2.27. The van der Waals surface area contributed by atoms with Crippen LogP contribution in [-0.4, -0.2) is 39.7 Å². The van der Waals surface area contributed by atoms with Crippen LogP contribution in [0.25, 0.3) is 0 Å². The van der Waals surface area contributed by atoms with Gasteiger partial charge in [-0.15, -0.1) is 0 Å². The van der Waals surface area contributed by atoms with E-state index in [2.05, 4.69) is 5.32 Å². The number of para-hydroxylation sites is 2. The lowest BCUT2D eigenvalue weighted by Crippen LogP contribution is -2.45. The second-order valence-corrected chi connectivity index (χ2v) is 7.46. The molecular formula is C18H20N2O5S. The Labute approximate surface area is 152 Å². The van der Waals surface area contributed by atoms with E-state index in [9.17, 15) is 18.0 Å². The number of amides is 1. The van der Waals surface area contributed by atoms with Gasteiger partial charge in [0.05, 0.1) is 30.3 Å². The van der Waals surface area contributed by atoms with Crippen LogP contribution < -0.4 is 9.62 Å². The lowest BCUT2D eigenvalue weighted by molar-refractivity contribution is -0.116. The molecule has 2 aromatic rings. The fourth-order valence-corrected chi connectivity index (χ4v) is 3.68. The Morgan fingerprint density at radius 1 is 1.04 bits per heavy atom. The number of sulfonamides is 1. The highest BCUT2D eigenvalue weighted by atomic mass is 32.2. The third-order valence-corrected chi connectivity index (χ3v) is 4.93.